The Morgan fingerprint density at radius 2 is 0.684 bits per heavy atom. The maximum Gasteiger partial charge on any atom is 0.104 e. The first kappa shape index (κ1) is 41.8. The summed E-state index contributed by atoms with van der Waals surface area (Å²) in [5.41, 5.74) is 9.90. The smallest absolute Gasteiger partial charge is 0.104 e. The number of nitriles is 2. The minimum atomic E-state index is 0.432. The number of hydrogen-bond acceptors (Lipinski definition) is 6. The van der Waals surface area contributed by atoms with Crippen LogP contribution in [0.3, 0.4) is 0 Å². The average Bonchev–Trinajstić information content (AvgIpc) is 4.50. The highest BCUT2D eigenvalue weighted by molar-refractivity contribution is 7.27. The van der Waals surface area contributed by atoms with Crippen molar-refractivity contribution in [3.8, 4) is 40.3 Å². The molecule has 0 bridgehead atoms. The molecule has 0 radical (unpaired) electrons. The van der Waals surface area contributed by atoms with Crippen LogP contribution < -0.4 is 0 Å². The topological polar surface area (TPSA) is 75.3 Å². The van der Waals surface area contributed by atoms with Gasteiger partial charge in [0.25, 0.3) is 0 Å². The summed E-state index contributed by atoms with van der Waals surface area (Å²) in [7, 11) is 0. The number of para-hydroxylation sites is 3. The molecule has 0 N–H and O–H groups in total. The predicted octanol–water partition coefficient (Wildman–Crippen LogP) is 18.9. The minimum Gasteiger partial charge on any atom is -0.306 e. The molecule has 6 nitrogen and oxygen atoms in total. The van der Waals surface area contributed by atoms with Crippen LogP contribution in [0.5, 0.6) is 0 Å². The van der Waals surface area contributed by atoms with Crippen molar-refractivity contribution < 1.29 is 0 Å². The zero-order chi connectivity index (χ0) is 49.9. The van der Waals surface area contributed by atoms with Gasteiger partial charge in [-0.05, 0) is 42.5 Å². The number of rotatable bonds is 4. The molecule has 7 aromatic heterocycles. The molecule has 9 heteroatoms. The van der Waals surface area contributed by atoms with Gasteiger partial charge in [0, 0.05) is 102 Å². The van der Waals surface area contributed by atoms with E-state index in [1.54, 1.807) is 40.2 Å². The third kappa shape index (κ3) is 5.38. The van der Waals surface area contributed by atoms with Crippen molar-refractivity contribution >= 4 is 160 Å². The summed E-state index contributed by atoms with van der Waals surface area (Å²) < 4.78 is 13.9. The first-order valence-electron chi connectivity index (χ1n) is 25.1. The summed E-state index contributed by atoms with van der Waals surface area (Å²) in [5.74, 6) is 0. The molecule has 17 rings (SSSR count). The monoisotopic (exact) mass is 1020 g/mol. The lowest BCUT2D eigenvalue weighted by molar-refractivity contribution is 1.06. The fraction of sp³-hybridized carbons (Fsp3) is 0. The van der Waals surface area contributed by atoms with Crippen LogP contribution in [0.4, 0.5) is 0 Å². The van der Waals surface area contributed by atoms with Crippen LogP contribution in [0.1, 0.15) is 11.1 Å². The van der Waals surface area contributed by atoms with Crippen molar-refractivity contribution in [3.05, 3.63) is 218 Å². The second-order valence-corrected chi connectivity index (χ2v) is 22.7. The number of nitrogens with zero attached hydrogens (tertiary/aromatic N) is 6. The summed E-state index contributed by atoms with van der Waals surface area (Å²) >= 11 is 5.31. The molecule has 0 fully saturated rings. The Labute approximate surface area is 444 Å². The molecule has 0 aliphatic heterocycles. The second kappa shape index (κ2) is 15.5. The third-order valence-electron chi connectivity index (χ3n) is 15.8. The molecule has 7 heterocycles. The number of thiophene rings is 3. The van der Waals surface area contributed by atoms with E-state index in [-0.39, 0.29) is 0 Å². The van der Waals surface area contributed by atoms with E-state index in [9.17, 15) is 10.5 Å². The summed E-state index contributed by atoms with van der Waals surface area (Å²) in [6, 6.07) is 74.9. The Kier molecular flexibility index (Phi) is 8.51. The van der Waals surface area contributed by atoms with Gasteiger partial charge in [-0.25, -0.2) is 0 Å². The number of hydrogen-bond donors (Lipinski definition) is 0. The van der Waals surface area contributed by atoms with Gasteiger partial charge >= 0.3 is 0 Å². The molecular formula is C67H34N6S3. The number of aromatic nitrogens is 4. The van der Waals surface area contributed by atoms with Gasteiger partial charge < -0.3 is 13.7 Å². The maximum atomic E-state index is 12.8. The first-order valence-corrected chi connectivity index (χ1v) is 27.6. The van der Waals surface area contributed by atoms with E-state index < -0.39 is 0 Å². The van der Waals surface area contributed by atoms with Gasteiger partial charge in [-0.15, -0.1) is 34.0 Å². The molecular weight excluding hydrogens is 985 g/mol. The highest BCUT2D eigenvalue weighted by atomic mass is 32.1. The van der Waals surface area contributed by atoms with Gasteiger partial charge in [0.05, 0.1) is 69.8 Å². The average molecular weight is 1020 g/mol. The zero-order valence-corrected chi connectivity index (χ0v) is 42.5. The van der Waals surface area contributed by atoms with E-state index in [1.807, 2.05) is 18.3 Å². The number of benzene rings is 10. The number of pyridine rings is 1. The minimum absolute atomic E-state index is 0.432. The van der Waals surface area contributed by atoms with Crippen LogP contribution >= 0.6 is 34.0 Å². The standard InChI is InChI=1S/C67H34N6S3/c68-34-50-58(37-14-13-33-70-36-37)59(71-52-21-7-1-15-38(52)44-27-30-47-41-18-4-10-24-55(41)74-65(47)62(44)71)51(35-69)61(73-54-23-9-3-17-40(54)46-29-32-49-43-20-6-12-26-57(43)76-67(49)64(46)73)60(50)72-53-22-8-2-16-39(53)45-28-31-48-42-19-5-11-25-56(42)75-66(48)63(45)72/h1-33,36H. The van der Waals surface area contributed by atoms with Crippen molar-refractivity contribution in [2.45, 2.75) is 0 Å². The molecule has 0 saturated carbocycles. The van der Waals surface area contributed by atoms with E-state index >= 15 is 0 Å². The van der Waals surface area contributed by atoms with Crippen molar-refractivity contribution in [2.75, 3.05) is 0 Å². The molecule has 0 aliphatic rings. The lowest BCUT2D eigenvalue weighted by atomic mass is 9.91. The summed E-state index contributed by atoms with van der Waals surface area (Å²) in [4.78, 5) is 4.78. The van der Waals surface area contributed by atoms with Gasteiger partial charge in [0.1, 0.15) is 17.7 Å². The fourth-order valence-corrected chi connectivity index (χ4v) is 16.5. The molecule has 0 amide bonds. The van der Waals surface area contributed by atoms with Gasteiger partial charge in [0.15, 0.2) is 0 Å². The second-order valence-electron chi connectivity index (χ2n) is 19.5. The quantitative estimate of drug-likeness (QED) is 0.176. The molecule has 76 heavy (non-hydrogen) atoms. The molecule has 0 saturated heterocycles. The first-order chi connectivity index (χ1) is 37.7. The molecule has 0 spiro atoms. The van der Waals surface area contributed by atoms with Crippen LogP contribution in [-0.2, 0) is 0 Å². The Morgan fingerprint density at radius 3 is 1.08 bits per heavy atom. The maximum absolute atomic E-state index is 12.8. The van der Waals surface area contributed by atoms with E-state index in [0.29, 0.717) is 33.8 Å². The SMILES string of the molecule is N#Cc1c(-c2cccnc2)c(-n2c3ccccc3c3ccc4c5ccccc5sc4c32)c(C#N)c(-n2c3ccccc3c3ccc4c5ccccc5sc4c32)c1-n1c2ccccc2c2ccc3c4ccccc4sc3c21. The van der Waals surface area contributed by atoms with Crippen LogP contribution in [0.15, 0.2) is 207 Å². The molecule has 17 aromatic rings. The van der Waals surface area contributed by atoms with Crippen LogP contribution in [0, 0.1) is 22.7 Å². The molecule has 0 unspecified atom stereocenters. The largest absolute Gasteiger partial charge is 0.306 e. The Balaban J connectivity index is 1.19. The van der Waals surface area contributed by atoms with E-state index in [0.717, 1.165) is 101 Å². The third-order valence-corrected chi connectivity index (χ3v) is 19.4. The van der Waals surface area contributed by atoms with E-state index in [2.05, 4.69) is 208 Å². The van der Waals surface area contributed by atoms with Crippen molar-refractivity contribution in [1.29, 1.82) is 10.5 Å². The van der Waals surface area contributed by atoms with Crippen molar-refractivity contribution in [3.63, 3.8) is 0 Å². The highest BCUT2D eigenvalue weighted by Crippen LogP contribution is 2.53. The summed E-state index contributed by atoms with van der Waals surface area (Å²) in [5, 5.41) is 38.8. The summed E-state index contributed by atoms with van der Waals surface area (Å²) in [6.07, 6.45) is 3.63. The lowest BCUT2D eigenvalue weighted by Gasteiger charge is -2.26. The van der Waals surface area contributed by atoms with E-state index in [4.69, 9.17) is 4.98 Å². The lowest BCUT2D eigenvalue weighted by Crippen LogP contribution is -2.14. The van der Waals surface area contributed by atoms with E-state index in [1.165, 1.54) is 30.3 Å². The summed E-state index contributed by atoms with van der Waals surface area (Å²) in [6.45, 7) is 0. The number of fused-ring (bicyclic) bond motifs is 21. The highest BCUT2D eigenvalue weighted by Gasteiger charge is 2.35. The van der Waals surface area contributed by atoms with Gasteiger partial charge in [-0.2, -0.15) is 10.5 Å². The Bertz CT molecular complexity index is 5510. The molecule has 350 valence electrons. The zero-order valence-electron chi connectivity index (χ0n) is 40.0. The van der Waals surface area contributed by atoms with Gasteiger partial charge in [-0.3, -0.25) is 4.98 Å². The van der Waals surface area contributed by atoms with Gasteiger partial charge in [-0.1, -0.05) is 152 Å². The normalized spacial score (nSPS) is 12.2. The van der Waals surface area contributed by atoms with Crippen LogP contribution in [0.25, 0.3) is 154 Å². The van der Waals surface area contributed by atoms with Crippen LogP contribution in [-0.4, -0.2) is 18.7 Å². The predicted molar refractivity (Wildman–Crippen MR) is 321 cm³/mol. The molecule has 0 atom stereocenters. The Hall–Kier alpha value is -9.61. The van der Waals surface area contributed by atoms with Crippen molar-refractivity contribution in [2.24, 2.45) is 0 Å². The Morgan fingerprint density at radius 1 is 0.329 bits per heavy atom. The van der Waals surface area contributed by atoms with Crippen LogP contribution in [0.2, 0.25) is 0 Å². The molecule has 0 aliphatic carbocycles. The van der Waals surface area contributed by atoms with Gasteiger partial charge in [0.2, 0.25) is 0 Å². The van der Waals surface area contributed by atoms with Crippen molar-refractivity contribution in [1.82, 2.24) is 18.7 Å². The molecule has 10 aromatic carbocycles. The fourth-order valence-electron chi connectivity index (χ4n) is 12.8.